The van der Waals surface area contributed by atoms with Crippen molar-refractivity contribution < 1.29 is 19.7 Å². The first-order valence-electron chi connectivity index (χ1n) is 5.85. The van der Waals surface area contributed by atoms with Gasteiger partial charge in [-0.15, -0.1) is 0 Å². The molecule has 0 heterocycles. The molecule has 0 spiro atoms. The van der Waals surface area contributed by atoms with Gasteiger partial charge in [0.2, 0.25) is 3.79 Å². The zero-order chi connectivity index (χ0) is 16.9. The number of halogens is 3. The first-order chi connectivity index (χ1) is 10.1. The molecule has 1 rings (SSSR count). The Hall–Kier alpha value is -1.57. The number of benzene rings is 1. The van der Waals surface area contributed by atoms with Gasteiger partial charge < -0.3 is 9.94 Å². The van der Waals surface area contributed by atoms with Crippen LogP contribution in [-0.4, -0.2) is 31.7 Å². The molecule has 0 radical (unpaired) electrons. The molecule has 0 aromatic heterocycles. The molecule has 0 saturated heterocycles. The summed E-state index contributed by atoms with van der Waals surface area (Å²) in [6, 6.07) is 5.21. The smallest absolute Gasteiger partial charge is 0.303 e. The zero-order valence-corrected chi connectivity index (χ0v) is 13.5. The Labute approximate surface area is 140 Å². The summed E-state index contributed by atoms with van der Waals surface area (Å²) in [6.45, 7) is 1.14. The highest BCUT2D eigenvalue weighted by molar-refractivity contribution is 6.68. The van der Waals surface area contributed by atoms with Crippen LogP contribution in [0, 0.1) is 10.1 Å². The van der Waals surface area contributed by atoms with Crippen molar-refractivity contribution in [3.63, 3.8) is 0 Å². The highest BCUT2D eigenvalue weighted by atomic mass is 35.6. The van der Waals surface area contributed by atoms with Gasteiger partial charge in [0.25, 0.3) is 5.69 Å². The molecule has 1 atom stereocenters. The number of carbonyl (C=O) groups is 1. The van der Waals surface area contributed by atoms with E-state index in [9.17, 15) is 14.9 Å². The van der Waals surface area contributed by atoms with Crippen molar-refractivity contribution in [3.8, 4) is 0 Å². The lowest BCUT2D eigenvalue weighted by Gasteiger charge is -2.24. The van der Waals surface area contributed by atoms with Crippen molar-refractivity contribution in [1.82, 2.24) is 0 Å². The molecule has 0 saturated carbocycles. The lowest BCUT2D eigenvalue weighted by Crippen LogP contribution is -2.33. The van der Waals surface area contributed by atoms with E-state index in [-0.39, 0.29) is 17.8 Å². The van der Waals surface area contributed by atoms with Crippen molar-refractivity contribution in [1.29, 1.82) is 0 Å². The Bertz CT molecular complexity index is 583. The molecular weight excluding hydrogens is 358 g/mol. The Morgan fingerprint density at radius 3 is 2.32 bits per heavy atom. The summed E-state index contributed by atoms with van der Waals surface area (Å²) in [5.74, 6) is -0.669. The van der Waals surface area contributed by atoms with Gasteiger partial charge in [-0.25, -0.2) is 0 Å². The second-order valence-electron chi connectivity index (χ2n) is 4.19. The third kappa shape index (κ3) is 5.32. The molecule has 0 bridgehead atoms. The maximum atomic E-state index is 11.1. The van der Waals surface area contributed by atoms with Crippen LogP contribution in [0.25, 0.3) is 0 Å². The number of hydrogen-bond donors (Lipinski definition) is 1. The molecule has 0 aliphatic carbocycles. The third-order valence-corrected chi connectivity index (χ3v) is 3.31. The molecular formula is C12H11Cl3N2O5. The summed E-state index contributed by atoms with van der Waals surface area (Å²) in [6.07, 6.45) is -1.37. The summed E-state index contributed by atoms with van der Waals surface area (Å²) < 4.78 is 2.97. The molecule has 1 aromatic carbocycles. The van der Waals surface area contributed by atoms with Crippen molar-refractivity contribution in [2.45, 2.75) is 23.2 Å². The van der Waals surface area contributed by atoms with Crippen LogP contribution in [0.1, 0.15) is 18.9 Å². The van der Waals surface area contributed by atoms with Crippen LogP contribution in [0.15, 0.2) is 29.4 Å². The number of hydrogen-bond acceptors (Lipinski definition) is 6. The first kappa shape index (κ1) is 18.5. The van der Waals surface area contributed by atoms with Crippen molar-refractivity contribution in [2.75, 3.05) is 0 Å². The average molecular weight is 370 g/mol. The van der Waals surface area contributed by atoms with E-state index in [0.717, 1.165) is 6.92 Å². The van der Waals surface area contributed by atoms with Gasteiger partial charge in [-0.1, -0.05) is 40.0 Å². The second kappa shape index (κ2) is 7.62. The number of oxime groups is 1. The van der Waals surface area contributed by atoms with Gasteiger partial charge in [0.05, 0.1) is 10.6 Å². The van der Waals surface area contributed by atoms with Crippen LogP contribution in [0.5, 0.6) is 0 Å². The standard InChI is InChI=1S/C12H11Cl3N2O5/c1-7(18)22-11(12(13,14)15)6-10(16-19)8-2-4-9(5-3-8)17(20)21/h2-5,11,19H,6H2,1H3. The largest absolute Gasteiger partial charge is 0.458 e. The number of carbonyl (C=O) groups excluding carboxylic acids is 1. The van der Waals surface area contributed by atoms with E-state index < -0.39 is 20.8 Å². The molecule has 1 unspecified atom stereocenters. The number of ether oxygens (including phenoxy) is 1. The van der Waals surface area contributed by atoms with Gasteiger partial charge in [-0.05, 0) is 17.7 Å². The third-order valence-electron chi connectivity index (χ3n) is 2.58. The van der Waals surface area contributed by atoms with Crippen LogP contribution in [0.2, 0.25) is 0 Å². The number of nitro benzene ring substituents is 1. The number of alkyl halides is 3. The second-order valence-corrected chi connectivity index (χ2v) is 6.56. The molecule has 0 fully saturated rings. The monoisotopic (exact) mass is 368 g/mol. The fourth-order valence-corrected chi connectivity index (χ4v) is 1.96. The van der Waals surface area contributed by atoms with Gasteiger partial charge in [0, 0.05) is 25.5 Å². The Kier molecular flexibility index (Phi) is 6.40. The van der Waals surface area contributed by atoms with Crippen LogP contribution in [0.4, 0.5) is 5.69 Å². The van der Waals surface area contributed by atoms with Crippen LogP contribution in [-0.2, 0) is 9.53 Å². The summed E-state index contributed by atoms with van der Waals surface area (Å²) in [5, 5.41) is 22.8. The van der Waals surface area contributed by atoms with Crippen molar-refractivity contribution >= 4 is 52.2 Å². The normalized spacial score (nSPS) is 13.5. The SMILES string of the molecule is CC(=O)OC(CC(=NO)c1ccc([N+](=O)[O-])cc1)C(Cl)(Cl)Cl. The molecule has 22 heavy (non-hydrogen) atoms. The Morgan fingerprint density at radius 1 is 1.41 bits per heavy atom. The van der Waals surface area contributed by atoms with Gasteiger partial charge in [-0.3, -0.25) is 14.9 Å². The van der Waals surface area contributed by atoms with E-state index in [2.05, 4.69) is 5.16 Å². The number of non-ortho nitro benzene ring substituents is 1. The highest BCUT2D eigenvalue weighted by Gasteiger charge is 2.36. The van der Waals surface area contributed by atoms with E-state index in [1.54, 1.807) is 0 Å². The lowest BCUT2D eigenvalue weighted by atomic mass is 10.0. The molecule has 1 aromatic rings. The molecule has 10 heteroatoms. The molecule has 1 N–H and O–H groups in total. The van der Waals surface area contributed by atoms with E-state index in [1.165, 1.54) is 24.3 Å². The molecule has 120 valence electrons. The number of nitro groups is 1. The maximum absolute atomic E-state index is 11.1. The van der Waals surface area contributed by atoms with E-state index in [4.69, 9.17) is 44.7 Å². The van der Waals surface area contributed by atoms with E-state index in [0.29, 0.717) is 5.56 Å². The topological polar surface area (TPSA) is 102 Å². The minimum Gasteiger partial charge on any atom is -0.458 e. The summed E-state index contributed by atoms with van der Waals surface area (Å²) >= 11 is 17.2. The zero-order valence-electron chi connectivity index (χ0n) is 11.2. The number of rotatable bonds is 5. The van der Waals surface area contributed by atoms with Gasteiger partial charge in [-0.2, -0.15) is 0 Å². The van der Waals surface area contributed by atoms with Gasteiger partial charge in [0.15, 0.2) is 6.10 Å². The first-order valence-corrected chi connectivity index (χ1v) is 6.98. The molecule has 0 aliphatic heterocycles. The summed E-state index contributed by atoms with van der Waals surface area (Å²) in [5.41, 5.74) is 0.283. The van der Waals surface area contributed by atoms with Crippen LogP contribution < -0.4 is 0 Å². The lowest BCUT2D eigenvalue weighted by molar-refractivity contribution is -0.384. The summed E-state index contributed by atoms with van der Waals surface area (Å²) in [7, 11) is 0. The van der Waals surface area contributed by atoms with E-state index in [1.807, 2.05) is 0 Å². The fraction of sp³-hybridized carbons (Fsp3) is 0.333. The predicted molar refractivity (Wildman–Crippen MR) is 81.9 cm³/mol. The Morgan fingerprint density at radius 2 is 1.95 bits per heavy atom. The summed E-state index contributed by atoms with van der Waals surface area (Å²) in [4.78, 5) is 21.1. The minimum atomic E-state index is -1.93. The average Bonchev–Trinajstić information content (AvgIpc) is 2.42. The maximum Gasteiger partial charge on any atom is 0.303 e. The molecule has 0 aliphatic rings. The van der Waals surface area contributed by atoms with Gasteiger partial charge in [0.1, 0.15) is 0 Å². The predicted octanol–water partition coefficient (Wildman–Crippen LogP) is 3.47. The Balaban J connectivity index is 3.00. The fourth-order valence-electron chi connectivity index (χ4n) is 1.59. The van der Waals surface area contributed by atoms with Gasteiger partial charge >= 0.3 is 5.97 Å². The molecule has 7 nitrogen and oxygen atoms in total. The number of esters is 1. The van der Waals surface area contributed by atoms with Crippen LogP contribution in [0.3, 0.4) is 0 Å². The van der Waals surface area contributed by atoms with Crippen LogP contribution >= 0.6 is 34.8 Å². The van der Waals surface area contributed by atoms with Crippen molar-refractivity contribution in [2.24, 2.45) is 5.16 Å². The minimum absolute atomic E-state index is 0.0486. The quantitative estimate of drug-likeness (QED) is 0.214. The molecule has 0 amide bonds. The highest BCUT2D eigenvalue weighted by Crippen LogP contribution is 2.35. The number of nitrogens with zero attached hydrogens (tertiary/aromatic N) is 2. The van der Waals surface area contributed by atoms with Crippen molar-refractivity contribution in [3.05, 3.63) is 39.9 Å². The van der Waals surface area contributed by atoms with E-state index >= 15 is 0 Å².